The molecule has 0 aliphatic heterocycles. The summed E-state index contributed by atoms with van der Waals surface area (Å²) in [5.74, 6) is 1.45. The summed E-state index contributed by atoms with van der Waals surface area (Å²) < 4.78 is 5.27. The largest absolute Gasteiger partial charge is 0.464 e. The van der Waals surface area contributed by atoms with Gasteiger partial charge in [0.25, 0.3) is 0 Å². The molecule has 66 valence electrons. The summed E-state index contributed by atoms with van der Waals surface area (Å²) in [6, 6.07) is 3.63. The quantitative estimate of drug-likeness (QED) is 0.699. The van der Waals surface area contributed by atoms with Crippen molar-refractivity contribution in [3.05, 3.63) is 36.3 Å². The van der Waals surface area contributed by atoms with E-state index in [-0.39, 0.29) is 5.92 Å². The van der Waals surface area contributed by atoms with Gasteiger partial charge in [0.05, 0.1) is 0 Å². The molecular weight excluding hydrogens is 152 g/mol. The Bertz CT molecular complexity index is 263. The van der Waals surface area contributed by atoms with Crippen molar-refractivity contribution < 1.29 is 9.52 Å². The van der Waals surface area contributed by atoms with Gasteiger partial charge >= 0.3 is 0 Å². The third-order valence-corrected chi connectivity index (χ3v) is 1.92. The Morgan fingerprint density at radius 3 is 2.67 bits per heavy atom. The van der Waals surface area contributed by atoms with Crippen molar-refractivity contribution in [2.75, 3.05) is 0 Å². The van der Waals surface area contributed by atoms with Gasteiger partial charge in [-0.15, -0.1) is 6.58 Å². The average Bonchev–Trinajstić information content (AvgIpc) is 2.49. The van der Waals surface area contributed by atoms with Crippen molar-refractivity contribution in [1.29, 1.82) is 0 Å². The van der Waals surface area contributed by atoms with E-state index in [1.807, 2.05) is 19.9 Å². The van der Waals surface area contributed by atoms with Crippen LogP contribution in [-0.4, -0.2) is 5.11 Å². The SMILES string of the molecule is C=C[C@H](C)[C@@H](O)c1ccc(C)o1. The van der Waals surface area contributed by atoms with Gasteiger partial charge in [-0.3, -0.25) is 0 Å². The first-order valence-corrected chi connectivity index (χ1v) is 4.02. The molecule has 0 aliphatic carbocycles. The molecule has 2 nitrogen and oxygen atoms in total. The van der Waals surface area contributed by atoms with E-state index in [0.717, 1.165) is 5.76 Å². The molecule has 1 heterocycles. The number of hydrogen-bond donors (Lipinski definition) is 1. The van der Waals surface area contributed by atoms with Gasteiger partial charge in [-0.25, -0.2) is 0 Å². The van der Waals surface area contributed by atoms with E-state index in [9.17, 15) is 5.11 Å². The zero-order valence-electron chi connectivity index (χ0n) is 7.45. The number of aliphatic hydroxyl groups excluding tert-OH is 1. The van der Waals surface area contributed by atoms with Gasteiger partial charge in [0.2, 0.25) is 0 Å². The Labute approximate surface area is 72.5 Å². The van der Waals surface area contributed by atoms with Crippen LogP contribution in [0.2, 0.25) is 0 Å². The van der Waals surface area contributed by atoms with E-state index in [0.29, 0.717) is 5.76 Å². The fourth-order valence-corrected chi connectivity index (χ4v) is 1.00. The van der Waals surface area contributed by atoms with Gasteiger partial charge in [-0.05, 0) is 19.1 Å². The molecule has 0 saturated heterocycles. The predicted octanol–water partition coefficient (Wildman–Crippen LogP) is 2.44. The van der Waals surface area contributed by atoms with Gasteiger partial charge in [0.15, 0.2) is 0 Å². The molecule has 1 aromatic heterocycles. The first-order chi connectivity index (χ1) is 5.65. The molecule has 1 N–H and O–H groups in total. The summed E-state index contributed by atoms with van der Waals surface area (Å²) in [4.78, 5) is 0. The highest BCUT2D eigenvalue weighted by atomic mass is 16.4. The molecule has 12 heavy (non-hydrogen) atoms. The van der Waals surface area contributed by atoms with Gasteiger partial charge < -0.3 is 9.52 Å². The number of hydrogen-bond acceptors (Lipinski definition) is 2. The highest BCUT2D eigenvalue weighted by Crippen LogP contribution is 2.23. The van der Waals surface area contributed by atoms with Crippen LogP contribution in [0, 0.1) is 12.8 Å². The lowest BCUT2D eigenvalue weighted by molar-refractivity contribution is 0.113. The molecular formula is C10H14O2. The molecule has 1 rings (SSSR count). The second-order valence-electron chi connectivity index (χ2n) is 2.99. The maximum atomic E-state index is 9.64. The fourth-order valence-electron chi connectivity index (χ4n) is 1.00. The van der Waals surface area contributed by atoms with Crippen LogP contribution in [0.25, 0.3) is 0 Å². The van der Waals surface area contributed by atoms with Crippen LogP contribution in [-0.2, 0) is 0 Å². The monoisotopic (exact) mass is 166 g/mol. The molecule has 2 atom stereocenters. The maximum Gasteiger partial charge on any atom is 0.133 e. The normalized spacial score (nSPS) is 15.6. The Kier molecular flexibility index (Phi) is 2.71. The minimum Gasteiger partial charge on any atom is -0.464 e. The third-order valence-electron chi connectivity index (χ3n) is 1.92. The lowest BCUT2D eigenvalue weighted by atomic mass is 10.0. The standard InChI is InChI=1S/C10H14O2/c1-4-7(2)10(11)9-6-5-8(3)12-9/h4-7,10-11H,1H2,2-3H3/t7-,10+/m0/s1. The summed E-state index contributed by atoms with van der Waals surface area (Å²) in [5, 5.41) is 9.64. The number of aliphatic hydroxyl groups is 1. The molecule has 0 bridgehead atoms. The van der Waals surface area contributed by atoms with Crippen LogP contribution in [0.5, 0.6) is 0 Å². The predicted molar refractivity (Wildman–Crippen MR) is 47.8 cm³/mol. The molecule has 2 heteroatoms. The first-order valence-electron chi connectivity index (χ1n) is 4.02. The number of rotatable bonds is 3. The zero-order valence-corrected chi connectivity index (χ0v) is 7.45. The maximum absolute atomic E-state index is 9.64. The summed E-state index contributed by atoms with van der Waals surface area (Å²) in [6.07, 6.45) is 1.14. The smallest absolute Gasteiger partial charge is 0.133 e. The second-order valence-corrected chi connectivity index (χ2v) is 2.99. The molecule has 0 fully saturated rings. The van der Waals surface area contributed by atoms with Crippen LogP contribution in [0.4, 0.5) is 0 Å². The molecule has 0 aromatic carbocycles. The van der Waals surface area contributed by atoms with Crippen molar-refractivity contribution in [3.63, 3.8) is 0 Å². The molecule has 0 spiro atoms. The van der Waals surface area contributed by atoms with E-state index < -0.39 is 6.10 Å². The Hall–Kier alpha value is -1.02. The van der Waals surface area contributed by atoms with E-state index in [1.54, 1.807) is 12.1 Å². The highest BCUT2D eigenvalue weighted by molar-refractivity contribution is 5.09. The van der Waals surface area contributed by atoms with Crippen molar-refractivity contribution in [3.8, 4) is 0 Å². The van der Waals surface area contributed by atoms with E-state index in [2.05, 4.69) is 6.58 Å². The number of furan rings is 1. The van der Waals surface area contributed by atoms with Crippen molar-refractivity contribution in [2.24, 2.45) is 5.92 Å². The molecule has 0 unspecified atom stereocenters. The van der Waals surface area contributed by atoms with Crippen LogP contribution >= 0.6 is 0 Å². The van der Waals surface area contributed by atoms with Gasteiger partial charge in [-0.1, -0.05) is 13.0 Å². The van der Waals surface area contributed by atoms with E-state index in [4.69, 9.17) is 4.42 Å². The van der Waals surface area contributed by atoms with E-state index >= 15 is 0 Å². The summed E-state index contributed by atoms with van der Waals surface area (Å²) >= 11 is 0. The van der Waals surface area contributed by atoms with Crippen LogP contribution in [0.1, 0.15) is 24.5 Å². The second kappa shape index (κ2) is 3.59. The van der Waals surface area contributed by atoms with Crippen LogP contribution < -0.4 is 0 Å². The van der Waals surface area contributed by atoms with Crippen molar-refractivity contribution in [1.82, 2.24) is 0 Å². The molecule has 0 amide bonds. The van der Waals surface area contributed by atoms with E-state index in [1.165, 1.54) is 0 Å². The van der Waals surface area contributed by atoms with Crippen LogP contribution in [0.15, 0.2) is 29.2 Å². The van der Waals surface area contributed by atoms with Gasteiger partial charge in [-0.2, -0.15) is 0 Å². The Morgan fingerprint density at radius 2 is 2.25 bits per heavy atom. The van der Waals surface area contributed by atoms with Crippen LogP contribution in [0.3, 0.4) is 0 Å². The lowest BCUT2D eigenvalue weighted by Gasteiger charge is -2.11. The topological polar surface area (TPSA) is 33.4 Å². The summed E-state index contributed by atoms with van der Waals surface area (Å²) in [5.41, 5.74) is 0. The summed E-state index contributed by atoms with van der Waals surface area (Å²) in [6.45, 7) is 7.37. The molecule has 1 aromatic rings. The fraction of sp³-hybridized carbons (Fsp3) is 0.400. The molecule has 0 aliphatic rings. The first kappa shape index (κ1) is 9.07. The lowest BCUT2D eigenvalue weighted by Crippen LogP contribution is -2.04. The minimum atomic E-state index is -0.573. The third kappa shape index (κ3) is 1.77. The summed E-state index contributed by atoms with van der Waals surface area (Å²) in [7, 11) is 0. The van der Waals surface area contributed by atoms with Crippen molar-refractivity contribution >= 4 is 0 Å². The molecule has 0 radical (unpaired) electrons. The minimum absolute atomic E-state index is 0.0237. The van der Waals surface area contributed by atoms with Gasteiger partial charge in [0, 0.05) is 5.92 Å². The highest BCUT2D eigenvalue weighted by Gasteiger charge is 2.16. The van der Waals surface area contributed by atoms with Crippen molar-refractivity contribution in [2.45, 2.75) is 20.0 Å². The molecule has 0 saturated carbocycles. The Balaban J connectivity index is 2.77. The van der Waals surface area contributed by atoms with Gasteiger partial charge in [0.1, 0.15) is 17.6 Å². The average molecular weight is 166 g/mol. The zero-order chi connectivity index (χ0) is 9.14. The number of aryl methyl sites for hydroxylation is 1. The Morgan fingerprint density at radius 1 is 1.58 bits per heavy atom.